The Kier molecular flexibility index (Phi) is 5.25. The van der Waals surface area contributed by atoms with E-state index in [2.05, 4.69) is 11.6 Å². The molecule has 1 aromatic carbocycles. The van der Waals surface area contributed by atoms with Crippen LogP contribution < -0.4 is 0 Å². The van der Waals surface area contributed by atoms with Crippen molar-refractivity contribution >= 4 is 23.2 Å². The van der Waals surface area contributed by atoms with Crippen molar-refractivity contribution in [3.8, 4) is 0 Å². The Morgan fingerprint density at radius 1 is 1.57 bits per heavy atom. The highest BCUT2D eigenvalue weighted by molar-refractivity contribution is 6.35. The lowest BCUT2D eigenvalue weighted by Gasteiger charge is -2.35. The minimum Gasteiger partial charge on any atom is -0.380 e. The Balaban J connectivity index is 2.59. The molecule has 0 fully saturated rings. The number of aliphatic hydroxyl groups is 1. The van der Waals surface area contributed by atoms with Crippen molar-refractivity contribution in [2.75, 3.05) is 0 Å². The van der Waals surface area contributed by atoms with Crippen LogP contribution in [0, 0.1) is 10.1 Å². The molecule has 2 atom stereocenters. The number of hydrogen-bond donors (Lipinski definition) is 1. The van der Waals surface area contributed by atoms with Gasteiger partial charge in [0.15, 0.2) is 0 Å². The van der Waals surface area contributed by atoms with Gasteiger partial charge in [0, 0.05) is 34.4 Å². The molecule has 0 spiro atoms. The molecule has 0 saturated carbocycles. The standard InChI is InChI=1S/C14H13Cl2N3O4/c1-2-5-14(20,11-4-3-10(15)8-12(11)16)13(23-19(21)22)18-7-6-17-9-18/h2-4,6-9,13,20H,1,5H2. The van der Waals surface area contributed by atoms with Crippen molar-refractivity contribution in [1.29, 1.82) is 0 Å². The third-order valence-electron chi connectivity index (χ3n) is 3.24. The van der Waals surface area contributed by atoms with Crippen LogP contribution >= 0.6 is 23.2 Å². The van der Waals surface area contributed by atoms with Crippen LogP contribution in [0.25, 0.3) is 0 Å². The summed E-state index contributed by atoms with van der Waals surface area (Å²) >= 11 is 12.0. The summed E-state index contributed by atoms with van der Waals surface area (Å²) in [5, 5.41) is 21.6. The molecule has 0 radical (unpaired) electrons. The van der Waals surface area contributed by atoms with E-state index in [0.29, 0.717) is 5.02 Å². The van der Waals surface area contributed by atoms with E-state index in [-0.39, 0.29) is 17.0 Å². The maximum Gasteiger partial charge on any atom is 0.296 e. The van der Waals surface area contributed by atoms with Gasteiger partial charge in [-0.1, -0.05) is 35.3 Å². The van der Waals surface area contributed by atoms with Crippen LogP contribution in [0.1, 0.15) is 18.2 Å². The molecule has 2 aromatic rings. The summed E-state index contributed by atoms with van der Waals surface area (Å²) in [6, 6.07) is 4.44. The highest BCUT2D eigenvalue weighted by atomic mass is 35.5. The van der Waals surface area contributed by atoms with Crippen LogP contribution in [0.3, 0.4) is 0 Å². The maximum atomic E-state index is 11.2. The Bertz CT molecular complexity index is 708. The van der Waals surface area contributed by atoms with Crippen molar-refractivity contribution in [1.82, 2.24) is 9.55 Å². The molecule has 0 aliphatic carbocycles. The molecule has 23 heavy (non-hydrogen) atoms. The Labute approximate surface area is 141 Å². The van der Waals surface area contributed by atoms with E-state index in [9.17, 15) is 15.2 Å². The zero-order valence-corrected chi connectivity index (χ0v) is 13.3. The molecule has 2 unspecified atom stereocenters. The number of imidazole rings is 1. The molecule has 0 aliphatic rings. The molecule has 2 rings (SSSR count). The molecule has 7 nitrogen and oxygen atoms in total. The Hall–Kier alpha value is -2.09. The van der Waals surface area contributed by atoms with Crippen molar-refractivity contribution in [2.45, 2.75) is 18.2 Å². The molecule has 1 N–H and O–H groups in total. The van der Waals surface area contributed by atoms with Crippen LogP contribution in [0.5, 0.6) is 0 Å². The zero-order valence-electron chi connectivity index (χ0n) is 11.8. The molecular weight excluding hydrogens is 345 g/mol. The molecule has 0 bridgehead atoms. The van der Waals surface area contributed by atoms with E-state index in [4.69, 9.17) is 28.0 Å². The summed E-state index contributed by atoms with van der Waals surface area (Å²) in [6.07, 6.45) is 4.10. The van der Waals surface area contributed by atoms with Gasteiger partial charge in [0.1, 0.15) is 5.60 Å². The van der Waals surface area contributed by atoms with Crippen molar-refractivity contribution < 1.29 is 15.0 Å². The predicted molar refractivity (Wildman–Crippen MR) is 84.5 cm³/mol. The van der Waals surface area contributed by atoms with Crippen LogP contribution in [-0.2, 0) is 10.4 Å². The van der Waals surface area contributed by atoms with Gasteiger partial charge in [-0.25, -0.2) is 4.98 Å². The molecule has 0 aliphatic heterocycles. The summed E-state index contributed by atoms with van der Waals surface area (Å²) in [7, 11) is 0. The quantitative estimate of drug-likeness (QED) is 0.466. The third-order valence-corrected chi connectivity index (χ3v) is 3.79. The van der Waals surface area contributed by atoms with Crippen molar-refractivity contribution in [3.63, 3.8) is 0 Å². The van der Waals surface area contributed by atoms with Crippen LogP contribution in [0.4, 0.5) is 0 Å². The second-order valence-corrected chi connectivity index (χ2v) is 5.58. The Morgan fingerprint density at radius 2 is 2.30 bits per heavy atom. The van der Waals surface area contributed by atoms with Crippen LogP contribution in [0.15, 0.2) is 49.6 Å². The van der Waals surface area contributed by atoms with E-state index in [1.54, 1.807) is 0 Å². The van der Waals surface area contributed by atoms with E-state index < -0.39 is 16.9 Å². The average molecular weight is 358 g/mol. The monoisotopic (exact) mass is 357 g/mol. The lowest BCUT2D eigenvalue weighted by molar-refractivity contribution is -0.781. The molecule has 9 heteroatoms. The number of hydrogen-bond acceptors (Lipinski definition) is 5. The van der Waals surface area contributed by atoms with Gasteiger partial charge in [-0.2, -0.15) is 0 Å². The molecule has 1 heterocycles. The SMILES string of the molecule is C=CCC(O)(c1ccc(Cl)cc1Cl)C(O[N+](=O)[O-])n1ccnc1. The largest absolute Gasteiger partial charge is 0.380 e. The summed E-state index contributed by atoms with van der Waals surface area (Å²) in [5.41, 5.74) is -1.62. The number of benzene rings is 1. The van der Waals surface area contributed by atoms with Crippen LogP contribution in [-0.4, -0.2) is 19.7 Å². The van der Waals surface area contributed by atoms with Gasteiger partial charge in [-0.05, 0) is 12.1 Å². The second-order valence-electron chi connectivity index (χ2n) is 4.73. The lowest BCUT2D eigenvalue weighted by Crippen LogP contribution is -2.39. The first-order valence-corrected chi connectivity index (χ1v) is 7.21. The third kappa shape index (κ3) is 3.64. The highest BCUT2D eigenvalue weighted by Gasteiger charge is 2.43. The van der Waals surface area contributed by atoms with E-state index in [1.807, 2.05) is 0 Å². The topological polar surface area (TPSA) is 90.4 Å². The maximum absolute atomic E-state index is 11.2. The molecule has 0 saturated heterocycles. The van der Waals surface area contributed by atoms with Crippen molar-refractivity contribution in [3.05, 3.63) is 75.3 Å². The van der Waals surface area contributed by atoms with Gasteiger partial charge < -0.3 is 9.67 Å². The van der Waals surface area contributed by atoms with Gasteiger partial charge in [0.25, 0.3) is 5.09 Å². The average Bonchev–Trinajstić information content (AvgIpc) is 2.98. The smallest absolute Gasteiger partial charge is 0.296 e. The molecular formula is C14H13Cl2N3O4. The summed E-state index contributed by atoms with van der Waals surface area (Å²) in [5.74, 6) is 0. The summed E-state index contributed by atoms with van der Waals surface area (Å²) in [6.45, 7) is 3.58. The fourth-order valence-electron chi connectivity index (χ4n) is 2.28. The first kappa shape index (κ1) is 17.3. The van der Waals surface area contributed by atoms with E-state index in [0.717, 1.165) is 0 Å². The van der Waals surface area contributed by atoms with Crippen molar-refractivity contribution in [2.24, 2.45) is 0 Å². The molecule has 0 amide bonds. The number of halogens is 2. The zero-order chi connectivity index (χ0) is 17.0. The van der Waals surface area contributed by atoms with Gasteiger partial charge in [-0.3, -0.25) is 4.84 Å². The fourth-order valence-corrected chi connectivity index (χ4v) is 2.85. The fraction of sp³-hybridized carbons (Fsp3) is 0.214. The molecule has 122 valence electrons. The second kappa shape index (κ2) is 6.99. The minimum atomic E-state index is -1.85. The van der Waals surface area contributed by atoms with Gasteiger partial charge in [0.2, 0.25) is 6.23 Å². The van der Waals surface area contributed by atoms with Crippen LogP contribution in [0.2, 0.25) is 10.0 Å². The first-order valence-electron chi connectivity index (χ1n) is 6.46. The summed E-state index contributed by atoms with van der Waals surface area (Å²) in [4.78, 5) is 19.4. The van der Waals surface area contributed by atoms with E-state index in [1.165, 1.54) is 47.6 Å². The Morgan fingerprint density at radius 3 is 2.83 bits per heavy atom. The predicted octanol–water partition coefficient (Wildman–Crippen LogP) is 3.36. The van der Waals surface area contributed by atoms with E-state index >= 15 is 0 Å². The molecule has 1 aromatic heterocycles. The number of rotatable bonds is 7. The van der Waals surface area contributed by atoms with Gasteiger partial charge >= 0.3 is 0 Å². The number of aromatic nitrogens is 2. The minimum absolute atomic E-state index is 0.0506. The number of nitrogens with zero attached hydrogens (tertiary/aromatic N) is 3. The van der Waals surface area contributed by atoms with Gasteiger partial charge in [-0.15, -0.1) is 16.7 Å². The van der Waals surface area contributed by atoms with Gasteiger partial charge in [0.05, 0.1) is 6.33 Å². The first-order chi connectivity index (χ1) is 10.9. The highest BCUT2D eigenvalue weighted by Crippen LogP contribution is 2.41. The summed E-state index contributed by atoms with van der Waals surface area (Å²) < 4.78 is 1.28. The normalized spacial score (nSPS) is 14.7. The lowest BCUT2D eigenvalue weighted by atomic mass is 9.88.